The molecule has 0 aliphatic heterocycles. The van der Waals surface area contributed by atoms with Crippen LogP contribution in [0.2, 0.25) is 0 Å². The molecule has 0 bridgehead atoms. The quantitative estimate of drug-likeness (QED) is 0.841. The van der Waals surface area contributed by atoms with Gasteiger partial charge in [0.15, 0.2) is 6.61 Å². The smallest absolute Gasteiger partial charge is 0.416 e. The van der Waals surface area contributed by atoms with Gasteiger partial charge in [-0.05, 0) is 31.5 Å². The van der Waals surface area contributed by atoms with Crippen molar-refractivity contribution in [2.24, 2.45) is 5.73 Å². The Morgan fingerprint density at radius 2 is 2.15 bits per heavy atom. The Morgan fingerprint density at radius 3 is 2.75 bits per heavy atom. The second kappa shape index (κ2) is 7.14. The first-order valence-electron chi connectivity index (χ1n) is 6.11. The monoisotopic (exact) mass is 290 g/mol. The van der Waals surface area contributed by atoms with Crippen LogP contribution in [0.3, 0.4) is 0 Å². The molecule has 1 aromatic carbocycles. The van der Waals surface area contributed by atoms with E-state index in [4.69, 9.17) is 10.5 Å². The van der Waals surface area contributed by atoms with Gasteiger partial charge in [0, 0.05) is 12.6 Å². The fourth-order valence-corrected chi connectivity index (χ4v) is 1.40. The Kier molecular flexibility index (Phi) is 5.82. The van der Waals surface area contributed by atoms with Crippen LogP contribution in [0.1, 0.15) is 18.9 Å². The highest BCUT2D eigenvalue weighted by atomic mass is 19.4. The van der Waals surface area contributed by atoms with Crippen LogP contribution in [0.25, 0.3) is 0 Å². The summed E-state index contributed by atoms with van der Waals surface area (Å²) in [6.45, 7) is 1.88. The first-order valence-corrected chi connectivity index (χ1v) is 6.11. The summed E-state index contributed by atoms with van der Waals surface area (Å²) >= 11 is 0. The number of benzene rings is 1. The van der Waals surface area contributed by atoms with E-state index in [9.17, 15) is 18.0 Å². The van der Waals surface area contributed by atoms with Gasteiger partial charge in [-0.25, -0.2) is 0 Å². The van der Waals surface area contributed by atoms with Crippen molar-refractivity contribution in [1.82, 2.24) is 5.32 Å². The van der Waals surface area contributed by atoms with Crippen LogP contribution in [0.15, 0.2) is 24.3 Å². The molecule has 0 aliphatic carbocycles. The zero-order valence-electron chi connectivity index (χ0n) is 11.0. The molecule has 0 saturated heterocycles. The average Bonchev–Trinajstić information content (AvgIpc) is 2.35. The van der Waals surface area contributed by atoms with Crippen molar-refractivity contribution in [3.05, 3.63) is 29.8 Å². The molecule has 0 aliphatic rings. The number of rotatable bonds is 6. The normalized spacial score (nSPS) is 12.8. The van der Waals surface area contributed by atoms with E-state index >= 15 is 0 Å². The molecule has 1 rings (SSSR count). The first kappa shape index (κ1) is 16.3. The van der Waals surface area contributed by atoms with Crippen molar-refractivity contribution >= 4 is 5.91 Å². The highest BCUT2D eigenvalue weighted by Gasteiger charge is 2.30. The molecule has 0 fully saturated rings. The van der Waals surface area contributed by atoms with E-state index in [0.717, 1.165) is 12.1 Å². The molecule has 1 atom stereocenters. The van der Waals surface area contributed by atoms with Gasteiger partial charge in [0.1, 0.15) is 5.75 Å². The fourth-order valence-electron chi connectivity index (χ4n) is 1.40. The molecule has 0 saturated carbocycles. The van der Waals surface area contributed by atoms with Crippen LogP contribution in [0.5, 0.6) is 5.75 Å². The molecular weight excluding hydrogens is 273 g/mol. The Bertz CT molecular complexity index is 447. The summed E-state index contributed by atoms with van der Waals surface area (Å²) in [5.41, 5.74) is 4.70. The molecular formula is C13H17F3N2O2. The van der Waals surface area contributed by atoms with Gasteiger partial charge >= 0.3 is 6.18 Å². The summed E-state index contributed by atoms with van der Waals surface area (Å²) < 4.78 is 42.4. The van der Waals surface area contributed by atoms with E-state index in [1.54, 1.807) is 0 Å². The lowest BCUT2D eigenvalue weighted by molar-refractivity contribution is -0.137. The highest BCUT2D eigenvalue weighted by molar-refractivity contribution is 5.77. The number of amides is 1. The van der Waals surface area contributed by atoms with Gasteiger partial charge in [0.25, 0.3) is 5.91 Å². The molecule has 0 heterocycles. The number of ether oxygens (including phenoxy) is 1. The van der Waals surface area contributed by atoms with Crippen molar-refractivity contribution in [3.63, 3.8) is 0 Å². The molecule has 7 heteroatoms. The standard InChI is InChI=1S/C13H17F3N2O2/c1-9(17)5-6-18-12(19)8-20-11-4-2-3-10(7-11)13(14,15)16/h2-4,7,9H,5-6,8,17H2,1H3,(H,18,19). The largest absolute Gasteiger partial charge is 0.484 e. The van der Waals surface area contributed by atoms with Crippen LogP contribution in [0, 0.1) is 0 Å². The predicted molar refractivity (Wildman–Crippen MR) is 68.2 cm³/mol. The zero-order valence-corrected chi connectivity index (χ0v) is 11.0. The molecule has 4 nitrogen and oxygen atoms in total. The van der Waals surface area contributed by atoms with Crippen LogP contribution >= 0.6 is 0 Å². The summed E-state index contributed by atoms with van der Waals surface area (Å²) in [5, 5.41) is 2.56. The Hall–Kier alpha value is -1.76. The molecule has 1 amide bonds. The van der Waals surface area contributed by atoms with E-state index in [1.807, 2.05) is 6.92 Å². The molecule has 1 aromatic rings. The maximum absolute atomic E-state index is 12.5. The Morgan fingerprint density at radius 1 is 1.45 bits per heavy atom. The number of carbonyl (C=O) groups is 1. The third kappa shape index (κ3) is 5.92. The van der Waals surface area contributed by atoms with Gasteiger partial charge in [-0.2, -0.15) is 13.2 Å². The summed E-state index contributed by atoms with van der Waals surface area (Å²) in [4.78, 5) is 11.4. The Balaban J connectivity index is 2.44. The lowest BCUT2D eigenvalue weighted by atomic mass is 10.2. The van der Waals surface area contributed by atoms with Crippen LogP contribution < -0.4 is 15.8 Å². The Labute approximate surface area is 115 Å². The van der Waals surface area contributed by atoms with Gasteiger partial charge in [0.05, 0.1) is 5.56 Å². The minimum atomic E-state index is -4.43. The fraction of sp³-hybridized carbons (Fsp3) is 0.462. The maximum atomic E-state index is 12.5. The molecule has 0 spiro atoms. The number of hydrogen-bond acceptors (Lipinski definition) is 3. The van der Waals surface area contributed by atoms with Crippen molar-refractivity contribution in [2.45, 2.75) is 25.6 Å². The molecule has 0 radical (unpaired) electrons. The minimum Gasteiger partial charge on any atom is -0.484 e. The third-order valence-corrected chi connectivity index (χ3v) is 2.45. The lowest BCUT2D eigenvalue weighted by Gasteiger charge is -2.11. The molecule has 3 N–H and O–H groups in total. The third-order valence-electron chi connectivity index (χ3n) is 2.45. The van der Waals surface area contributed by atoms with E-state index in [0.29, 0.717) is 13.0 Å². The molecule has 1 unspecified atom stereocenters. The van der Waals surface area contributed by atoms with Crippen molar-refractivity contribution in [1.29, 1.82) is 0 Å². The van der Waals surface area contributed by atoms with E-state index in [-0.39, 0.29) is 18.4 Å². The van der Waals surface area contributed by atoms with Crippen molar-refractivity contribution < 1.29 is 22.7 Å². The number of nitrogens with two attached hydrogens (primary N) is 1. The lowest BCUT2D eigenvalue weighted by Crippen LogP contribution is -2.32. The van der Waals surface area contributed by atoms with E-state index in [2.05, 4.69) is 5.32 Å². The van der Waals surface area contributed by atoms with Gasteiger partial charge in [-0.1, -0.05) is 6.07 Å². The number of alkyl halides is 3. The number of halogens is 3. The summed E-state index contributed by atoms with van der Waals surface area (Å²) in [6, 6.07) is 4.36. The van der Waals surface area contributed by atoms with Gasteiger partial charge in [-0.3, -0.25) is 4.79 Å². The predicted octanol–water partition coefficient (Wildman–Crippen LogP) is 1.94. The van der Waals surface area contributed by atoms with Gasteiger partial charge in [-0.15, -0.1) is 0 Å². The van der Waals surface area contributed by atoms with Crippen molar-refractivity contribution in [2.75, 3.05) is 13.2 Å². The molecule has 0 aromatic heterocycles. The maximum Gasteiger partial charge on any atom is 0.416 e. The van der Waals surface area contributed by atoms with Gasteiger partial charge in [0.2, 0.25) is 0 Å². The second-order valence-corrected chi connectivity index (χ2v) is 4.43. The van der Waals surface area contributed by atoms with Crippen LogP contribution in [0.4, 0.5) is 13.2 Å². The van der Waals surface area contributed by atoms with E-state index < -0.39 is 17.6 Å². The van der Waals surface area contributed by atoms with E-state index in [1.165, 1.54) is 12.1 Å². The van der Waals surface area contributed by atoms with Crippen LogP contribution in [-0.4, -0.2) is 25.1 Å². The number of nitrogens with one attached hydrogen (secondary N) is 1. The second-order valence-electron chi connectivity index (χ2n) is 4.43. The molecule has 20 heavy (non-hydrogen) atoms. The first-order chi connectivity index (χ1) is 9.29. The minimum absolute atomic E-state index is 0.00201. The topological polar surface area (TPSA) is 64.3 Å². The summed E-state index contributed by atoms with van der Waals surface area (Å²) in [6.07, 6.45) is -3.81. The summed E-state index contributed by atoms with van der Waals surface area (Å²) in [5.74, 6) is -0.398. The SMILES string of the molecule is CC(N)CCNC(=O)COc1cccc(C(F)(F)F)c1. The number of carbonyl (C=O) groups excluding carboxylic acids is 1. The summed E-state index contributed by atoms with van der Waals surface area (Å²) in [7, 11) is 0. The number of hydrogen-bond donors (Lipinski definition) is 2. The van der Waals surface area contributed by atoms with Crippen molar-refractivity contribution in [3.8, 4) is 5.75 Å². The van der Waals surface area contributed by atoms with Crippen LogP contribution in [-0.2, 0) is 11.0 Å². The highest BCUT2D eigenvalue weighted by Crippen LogP contribution is 2.31. The zero-order chi connectivity index (χ0) is 15.2. The van der Waals surface area contributed by atoms with Gasteiger partial charge < -0.3 is 15.8 Å². The molecule has 112 valence electrons. The average molecular weight is 290 g/mol.